The van der Waals surface area contributed by atoms with Gasteiger partial charge >= 0.3 is 5.97 Å². The van der Waals surface area contributed by atoms with E-state index in [0.29, 0.717) is 16.4 Å². The fourth-order valence-electron chi connectivity index (χ4n) is 1.37. The Morgan fingerprint density at radius 1 is 1.32 bits per heavy atom. The van der Waals surface area contributed by atoms with Crippen molar-refractivity contribution < 1.29 is 14.7 Å². The number of hydrogen-bond donors (Lipinski definition) is 2. The number of hydrogen-bond acceptors (Lipinski definition) is 4. The number of rotatable bonds is 4. The first kappa shape index (κ1) is 13.9. The number of nitrogens with zero attached hydrogens (tertiary/aromatic N) is 1. The van der Waals surface area contributed by atoms with Gasteiger partial charge < -0.3 is 5.11 Å². The van der Waals surface area contributed by atoms with Gasteiger partial charge in [0.15, 0.2) is 5.13 Å². The molecule has 0 fully saturated rings. The second-order valence-electron chi connectivity index (χ2n) is 3.68. The molecule has 2 N–H and O–H groups in total. The number of amides is 1. The van der Waals surface area contributed by atoms with Gasteiger partial charge in [0, 0.05) is 14.5 Å². The topological polar surface area (TPSA) is 79.3 Å². The van der Waals surface area contributed by atoms with Gasteiger partial charge in [-0.05, 0) is 46.9 Å². The van der Waals surface area contributed by atoms with Crippen LogP contribution in [0.15, 0.2) is 29.6 Å². The van der Waals surface area contributed by atoms with Crippen LogP contribution >= 0.6 is 33.9 Å². The van der Waals surface area contributed by atoms with Crippen LogP contribution in [0, 0.1) is 3.57 Å². The third-order valence-electron chi connectivity index (χ3n) is 2.21. The predicted molar refractivity (Wildman–Crippen MR) is 80.6 cm³/mol. The van der Waals surface area contributed by atoms with E-state index in [1.165, 1.54) is 11.3 Å². The van der Waals surface area contributed by atoms with E-state index < -0.39 is 5.97 Å². The van der Waals surface area contributed by atoms with Crippen LogP contribution in [0.1, 0.15) is 16.1 Å². The van der Waals surface area contributed by atoms with Crippen LogP contribution in [0.4, 0.5) is 5.13 Å². The molecule has 0 unspecified atom stereocenters. The summed E-state index contributed by atoms with van der Waals surface area (Å²) in [7, 11) is 0. The molecule has 0 radical (unpaired) electrons. The van der Waals surface area contributed by atoms with Crippen LogP contribution in [-0.2, 0) is 11.2 Å². The van der Waals surface area contributed by atoms with Crippen molar-refractivity contribution in [2.24, 2.45) is 0 Å². The van der Waals surface area contributed by atoms with Gasteiger partial charge in [-0.3, -0.25) is 14.9 Å². The number of carboxylic acids is 1. The lowest BCUT2D eigenvalue weighted by Gasteiger charge is -2.01. The van der Waals surface area contributed by atoms with Gasteiger partial charge in [0.2, 0.25) is 0 Å². The average Bonchev–Trinajstić information content (AvgIpc) is 2.76. The fourth-order valence-corrected chi connectivity index (χ4v) is 2.44. The maximum atomic E-state index is 11.9. The maximum absolute atomic E-state index is 11.9. The molecule has 0 aliphatic heterocycles. The lowest BCUT2D eigenvalue weighted by molar-refractivity contribution is -0.136. The van der Waals surface area contributed by atoms with Gasteiger partial charge in [-0.2, -0.15) is 0 Å². The summed E-state index contributed by atoms with van der Waals surface area (Å²) in [6.45, 7) is 0. The molecule has 0 saturated heterocycles. The number of aromatic nitrogens is 1. The highest BCUT2D eigenvalue weighted by Gasteiger charge is 2.10. The van der Waals surface area contributed by atoms with E-state index in [9.17, 15) is 9.59 Å². The van der Waals surface area contributed by atoms with Crippen LogP contribution in [0.3, 0.4) is 0 Å². The second kappa shape index (κ2) is 6.11. The molecule has 2 aromatic rings. The number of anilines is 1. The van der Waals surface area contributed by atoms with E-state index in [2.05, 4.69) is 32.9 Å². The summed E-state index contributed by atoms with van der Waals surface area (Å²) in [5.74, 6) is -1.20. The van der Waals surface area contributed by atoms with Crippen LogP contribution in [0.2, 0.25) is 0 Å². The van der Waals surface area contributed by atoms with Gasteiger partial charge in [-0.15, -0.1) is 11.3 Å². The Bertz CT molecular complexity index is 610. The fraction of sp³-hybridized carbons (Fsp3) is 0.0833. The van der Waals surface area contributed by atoms with Crippen LogP contribution in [0.5, 0.6) is 0 Å². The molecule has 0 spiro atoms. The monoisotopic (exact) mass is 388 g/mol. The van der Waals surface area contributed by atoms with Crippen molar-refractivity contribution in [3.8, 4) is 0 Å². The van der Waals surface area contributed by atoms with Crippen molar-refractivity contribution in [3.63, 3.8) is 0 Å². The molecule has 1 amide bonds. The molecular weight excluding hydrogens is 379 g/mol. The first-order valence-corrected chi connectivity index (χ1v) is 7.23. The summed E-state index contributed by atoms with van der Waals surface area (Å²) < 4.78 is 1.05. The zero-order valence-electron chi connectivity index (χ0n) is 9.59. The minimum Gasteiger partial charge on any atom is -0.481 e. The standard InChI is InChI=1S/C12H9IN2O3S/c13-8-3-1-7(2-4-8)11(18)15-12-14-9(6-19-12)5-10(16)17/h1-4,6H,5H2,(H,16,17)(H,14,15,18). The lowest BCUT2D eigenvalue weighted by Crippen LogP contribution is -2.11. The number of aliphatic carboxylic acids is 1. The molecule has 0 bridgehead atoms. The molecule has 19 heavy (non-hydrogen) atoms. The summed E-state index contributed by atoms with van der Waals surface area (Å²) in [6, 6.07) is 7.13. The normalized spacial score (nSPS) is 10.2. The average molecular weight is 388 g/mol. The molecule has 1 aromatic carbocycles. The largest absolute Gasteiger partial charge is 0.481 e. The first-order valence-electron chi connectivity index (χ1n) is 5.28. The Labute approximate surface area is 126 Å². The molecule has 0 saturated carbocycles. The lowest BCUT2D eigenvalue weighted by atomic mass is 10.2. The molecular formula is C12H9IN2O3S. The Morgan fingerprint density at radius 3 is 2.63 bits per heavy atom. The molecule has 98 valence electrons. The van der Waals surface area contributed by atoms with Crippen molar-refractivity contribution in [1.82, 2.24) is 4.98 Å². The predicted octanol–water partition coefficient (Wildman–Crippen LogP) is 2.63. The summed E-state index contributed by atoms with van der Waals surface area (Å²) >= 11 is 3.37. The number of carbonyl (C=O) groups is 2. The molecule has 1 aromatic heterocycles. The smallest absolute Gasteiger partial charge is 0.309 e. The van der Waals surface area contributed by atoms with Gasteiger partial charge in [0.1, 0.15) is 0 Å². The number of thiazole rings is 1. The maximum Gasteiger partial charge on any atom is 0.309 e. The van der Waals surface area contributed by atoms with Crippen molar-refractivity contribution >= 4 is 50.9 Å². The SMILES string of the molecule is O=C(O)Cc1csc(NC(=O)c2ccc(I)cc2)n1. The first-order chi connectivity index (χ1) is 9.04. The number of benzene rings is 1. The van der Waals surface area contributed by atoms with Crippen LogP contribution < -0.4 is 5.32 Å². The van der Waals surface area contributed by atoms with E-state index in [-0.39, 0.29) is 12.3 Å². The van der Waals surface area contributed by atoms with Gasteiger partial charge in [0.05, 0.1) is 12.1 Å². The van der Waals surface area contributed by atoms with E-state index in [1.807, 2.05) is 12.1 Å². The van der Waals surface area contributed by atoms with Crippen LogP contribution in [-0.4, -0.2) is 22.0 Å². The Morgan fingerprint density at radius 2 is 2.00 bits per heavy atom. The minimum absolute atomic E-state index is 0.143. The molecule has 1 heterocycles. The van der Waals surface area contributed by atoms with Gasteiger partial charge in [-0.1, -0.05) is 0 Å². The van der Waals surface area contributed by atoms with Gasteiger partial charge in [0.25, 0.3) is 5.91 Å². The van der Waals surface area contributed by atoms with E-state index >= 15 is 0 Å². The van der Waals surface area contributed by atoms with E-state index in [1.54, 1.807) is 17.5 Å². The molecule has 0 atom stereocenters. The third-order valence-corrected chi connectivity index (χ3v) is 3.74. The van der Waals surface area contributed by atoms with Crippen molar-refractivity contribution in [1.29, 1.82) is 0 Å². The van der Waals surface area contributed by atoms with E-state index in [4.69, 9.17) is 5.11 Å². The number of halogens is 1. The van der Waals surface area contributed by atoms with Crippen molar-refractivity contribution in [2.45, 2.75) is 6.42 Å². The molecule has 7 heteroatoms. The Kier molecular flexibility index (Phi) is 4.48. The number of carbonyl (C=O) groups excluding carboxylic acids is 1. The second-order valence-corrected chi connectivity index (χ2v) is 5.78. The van der Waals surface area contributed by atoms with Crippen molar-refractivity contribution in [3.05, 3.63) is 44.5 Å². The highest BCUT2D eigenvalue weighted by Crippen LogP contribution is 2.17. The summed E-state index contributed by atoms with van der Waals surface area (Å²) in [4.78, 5) is 26.5. The Balaban J connectivity index is 2.04. The van der Waals surface area contributed by atoms with Crippen LogP contribution in [0.25, 0.3) is 0 Å². The van der Waals surface area contributed by atoms with Crippen molar-refractivity contribution in [2.75, 3.05) is 5.32 Å². The van der Waals surface area contributed by atoms with E-state index in [0.717, 1.165) is 3.57 Å². The Hall–Kier alpha value is -1.48. The molecule has 0 aliphatic carbocycles. The molecule has 5 nitrogen and oxygen atoms in total. The zero-order valence-corrected chi connectivity index (χ0v) is 12.6. The highest BCUT2D eigenvalue weighted by atomic mass is 127. The minimum atomic E-state index is -0.944. The molecule has 0 aliphatic rings. The third kappa shape index (κ3) is 4.00. The van der Waals surface area contributed by atoms with Gasteiger partial charge in [-0.25, -0.2) is 4.98 Å². The summed E-state index contributed by atoms with van der Waals surface area (Å²) in [5.41, 5.74) is 0.978. The zero-order chi connectivity index (χ0) is 13.8. The quantitative estimate of drug-likeness (QED) is 0.790. The highest BCUT2D eigenvalue weighted by molar-refractivity contribution is 14.1. The number of nitrogens with one attached hydrogen (secondary N) is 1. The number of carboxylic acid groups (broad SMARTS) is 1. The molecule has 2 rings (SSSR count). The summed E-state index contributed by atoms with van der Waals surface area (Å²) in [6.07, 6.45) is -0.143. The summed E-state index contributed by atoms with van der Waals surface area (Å²) in [5, 5.41) is 13.3.